The molecule has 0 atom stereocenters. The summed E-state index contributed by atoms with van der Waals surface area (Å²) in [5.41, 5.74) is 0.742. The second-order valence-corrected chi connectivity index (χ2v) is 3.94. The topological polar surface area (TPSA) is 92.5 Å². The van der Waals surface area contributed by atoms with Gasteiger partial charge in [-0.3, -0.25) is 14.9 Å². The minimum absolute atomic E-state index is 0.0574. The summed E-state index contributed by atoms with van der Waals surface area (Å²) in [6.07, 6.45) is 1.30. The number of carbonyl (C=O) groups excluding carboxylic acids is 1. The number of nitro benzene ring substituents is 1. The normalized spacial score (nSPS) is 10.1. The molecule has 0 spiro atoms. The second kappa shape index (κ2) is 6.70. The number of hydrogen-bond donors (Lipinski definition) is 2. The van der Waals surface area contributed by atoms with Gasteiger partial charge in [-0.15, -0.1) is 0 Å². The molecular weight excluding hydrogens is 236 g/mol. The number of carbonyl (C=O) groups is 1. The highest BCUT2D eigenvalue weighted by molar-refractivity contribution is 5.94. The fourth-order valence-electron chi connectivity index (χ4n) is 1.49. The van der Waals surface area contributed by atoms with E-state index in [0.717, 1.165) is 0 Å². The average Bonchev–Trinajstić information content (AvgIpc) is 2.34. The largest absolute Gasteiger partial charge is 0.396 e. The Hall–Kier alpha value is -1.95. The molecule has 98 valence electrons. The van der Waals surface area contributed by atoms with Crippen molar-refractivity contribution in [2.45, 2.75) is 19.8 Å². The maximum atomic E-state index is 11.7. The zero-order valence-electron chi connectivity index (χ0n) is 10.2. The maximum Gasteiger partial charge on any atom is 0.273 e. The number of amides is 1. The lowest BCUT2D eigenvalue weighted by atomic mass is 10.1. The van der Waals surface area contributed by atoms with Crippen molar-refractivity contribution in [3.63, 3.8) is 0 Å². The van der Waals surface area contributed by atoms with Crippen LogP contribution < -0.4 is 5.32 Å². The predicted molar refractivity (Wildman–Crippen MR) is 66.5 cm³/mol. The summed E-state index contributed by atoms with van der Waals surface area (Å²) in [6, 6.07) is 4.39. The summed E-state index contributed by atoms with van der Waals surface area (Å²) >= 11 is 0. The van der Waals surface area contributed by atoms with E-state index in [4.69, 9.17) is 5.11 Å². The number of nitrogens with one attached hydrogen (secondary N) is 1. The number of unbranched alkanes of at least 4 members (excludes halogenated alkanes) is 1. The molecule has 0 unspecified atom stereocenters. The minimum atomic E-state index is -0.502. The molecule has 0 saturated carbocycles. The van der Waals surface area contributed by atoms with Crippen molar-refractivity contribution < 1.29 is 14.8 Å². The van der Waals surface area contributed by atoms with Crippen LogP contribution in [-0.4, -0.2) is 29.1 Å². The number of nitrogens with zero attached hydrogens (tertiary/aromatic N) is 1. The molecule has 2 N–H and O–H groups in total. The minimum Gasteiger partial charge on any atom is -0.396 e. The zero-order chi connectivity index (χ0) is 13.5. The van der Waals surface area contributed by atoms with Crippen LogP contribution in [0.15, 0.2) is 18.2 Å². The van der Waals surface area contributed by atoms with E-state index in [2.05, 4.69) is 5.32 Å². The van der Waals surface area contributed by atoms with Crippen LogP contribution in [0, 0.1) is 17.0 Å². The Morgan fingerprint density at radius 1 is 1.44 bits per heavy atom. The first-order chi connectivity index (χ1) is 8.56. The SMILES string of the molecule is Cc1ccc(C(=O)NCCCCO)cc1[N+](=O)[O-]. The molecule has 0 bridgehead atoms. The van der Waals surface area contributed by atoms with Crippen LogP contribution in [0.5, 0.6) is 0 Å². The van der Waals surface area contributed by atoms with Gasteiger partial charge in [-0.25, -0.2) is 0 Å². The summed E-state index contributed by atoms with van der Waals surface area (Å²) in [6.45, 7) is 2.16. The van der Waals surface area contributed by atoms with Gasteiger partial charge in [-0.1, -0.05) is 6.07 Å². The van der Waals surface area contributed by atoms with Gasteiger partial charge in [0, 0.05) is 30.3 Å². The Balaban J connectivity index is 2.68. The van der Waals surface area contributed by atoms with Gasteiger partial charge in [0.25, 0.3) is 11.6 Å². The number of hydrogen-bond acceptors (Lipinski definition) is 4. The van der Waals surface area contributed by atoms with Crippen molar-refractivity contribution in [3.05, 3.63) is 39.4 Å². The molecule has 1 aromatic rings. The van der Waals surface area contributed by atoms with E-state index >= 15 is 0 Å². The average molecular weight is 252 g/mol. The molecule has 0 aromatic heterocycles. The Morgan fingerprint density at radius 3 is 2.78 bits per heavy atom. The van der Waals surface area contributed by atoms with Crippen LogP contribution in [0.3, 0.4) is 0 Å². The van der Waals surface area contributed by atoms with Crippen LogP contribution in [-0.2, 0) is 0 Å². The number of nitro groups is 1. The molecule has 0 saturated heterocycles. The Kier molecular flexibility index (Phi) is 5.26. The van der Waals surface area contributed by atoms with E-state index in [0.29, 0.717) is 24.9 Å². The van der Waals surface area contributed by atoms with E-state index in [1.165, 1.54) is 6.07 Å². The first kappa shape index (κ1) is 14.1. The van der Waals surface area contributed by atoms with Crippen LogP contribution in [0.4, 0.5) is 5.69 Å². The molecule has 6 nitrogen and oxygen atoms in total. The highest BCUT2D eigenvalue weighted by atomic mass is 16.6. The van der Waals surface area contributed by atoms with Gasteiger partial charge in [-0.05, 0) is 25.8 Å². The van der Waals surface area contributed by atoms with Crippen molar-refractivity contribution in [1.29, 1.82) is 0 Å². The maximum absolute atomic E-state index is 11.7. The molecule has 0 aliphatic carbocycles. The number of aryl methyl sites for hydroxylation is 1. The number of benzene rings is 1. The highest BCUT2D eigenvalue weighted by Gasteiger charge is 2.14. The van der Waals surface area contributed by atoms with Gasteiger partial charge >= 0.3 is 0 Å². The molecule has 1 amide bonds. The first-order valence-electron chi connectivity index (χ1n) is 5.70. The number of aliphatic hydroxyl groups excluding tert-OH is 1. The van der Waals surface area contributed by atoms with E-state index in [-0.39, 0.29) is 23.8 Å². The fraction of sp³-hybridized carbons (Fsp3) is 0.417. The Bertz CT molecular complexity index is 446. The summed E-state index contributed by atoms with van der Waals surface area (Å²) in [7, 11) is 0. The van der Waals surface area contributed by atoms with Crippen molar-refractivity contribution >= 4 is 11.6 Å². The summed E-state index contributed by atoms with van der Waals surface area (Å²) in [4.78, 5) is 21.9. The summed E-state index contributed by atoms with van der Waals surface area (Å²) < 4.78 is 0. The van der Waals surface area contributed by atoms with Crippen molar-refractivity contribution in [3.8, 4) is 0 Å². The summed E-state index contributed by atoms with van der Waals surface area (Å²) in [5.74, 6) is -0.337. The van der Waals surface area contributed by atoms with E-state index < -0.39 is 4.92 Å². The van der Waals surface area contributed by atoms with Crippen molar-refractivity contribution in [1.82, 2.24) is 5.32 Å². The molecule has 0 aliphatic heterocycles. The molecule has 0 radical (unpaired) electrons. The smallest absolute Gasteiger partial charge is 0.273 e. The molecule has 1 rings (SSSR count). The van der Waals surface area contributed by atoms with Gasteiger partial charge in [-0.2, -0.15) is 0 Å². The monoisotopic (exact) mass is 252 g/mol. The third-order valence-electron chi connectivity index (χ3n) is 2.54. The summed E-state index contributed by atoms with van der Waals surface area (Å²) in [5, 5.41) is 22.0. The molecule has 0 aliphatic rings. The van der Waals surface area contributed by atoms with Gasteiger partial charge in [0.15, 0.2) is 0 Å². The second-order valence-electron chi connectivity index (χ2n) is 3.94. The van der Waals surface area contributed by atoms with Gasteiger partial charge < -0.3 is 10.4 Å². The molecule has 1 aromatic carbocycles. The molecule has 0 fully saturated rings. The first-order valence-corrected chi connectivity index (χ1v) is 5.70. The van der Waals surface area contributed by atoms with Gasteiger partial charge in [0.2, 0.25) is 0 Å². The Morgan fingerprint density at radius 2 is 2.17 bits per heavy atom. The standard InChI is InChI=1S/C12H16N2O4/c1-9-4-5-10(8-11(9)14(17)18)12(16)13-6-2-3-7-15/h4-5,8,15H,2-3,6-7H2,1H3,(H,13,16). The quantitative estimate of drug-likeness (QED) is 0.454. The molecule has 0 heterocycles. The fourth-order valence-corrected chi connectivity index (χ4v) is 1.49. The van der Waals surface area contributed by atoms with Crippen LogP contribution in [0.25, 0.3) is 0 Å². The lowest BCUT2D eigenvalue weighted by Crippen LogP contribution is -2.24. The van der Waals surface area contributed by atoms with E-state index in [1.807, 2.05) is 0 Å². The van der Waals surface area contributed by atoms with Crippen LogP contribution in [0.1, 0.15) is 28.8 Å². The van der Waals surface area contributed by atoms with Crippen LogP contribution in [0.2, 0.25) is 0 Å². The zero-order valence-corrected chi connectivity index (χ0v) is 10.2. The van der Waals surface area contributed by atoms with Crippen molar-refractivity contribution in [2.75, 3.05) is 13.2 Å². The predicted octanol–water partition coefficient (Wildman–Crippen LogP) is 1.41. The molecular formula is C12H16N2O4. The third-order valence-corrected chi connectivity index (χ3v) is 2.54. The lowest BCUT2D eigenvalue weighted by Gasteiger charge is -2.05. The van der Waals surface area contributed by atoms with Gasteiger partial charge in [0.1, 0.15) is 0 Å². The Labute approximate surface area is 105 Å². The molecule has 6 heteroatoms. The number of aliphatic hydroxyl groups is 1. The lowest BCUT2D eigenvalue weighted by molar-refractivity contribution is -0.385. The molecule has 18 heavy (non-hydrogen) atoms. The van der Waals surface area contributed by atoms with Crippen LogP contribution >= 0.6 is 0 Å². The third kappa shape index (κ3) is 3.81. The van der Waals surface area contributed by atoms with E-state index in [9.17, 15) is 14.9 Å². The van der Waals surface area contributed by atoms with Gasteiger partial charge in [0.05, 0.1) is 4.92 Å². The highest BCUT2D eigenvalue weighted by Crippen LogP contribution is 2.19. The van der Waals surface area contributed by atoms with Crippen molar-refractivity contribution in [2.24, 2.45) is 0 Å². The number of rotatable bonds is 6. The van der Waals surface area contributed by atoms with E-state index in [1.54, 1.807) is 19.1 Å².